The number of aromatic nitrogens is 2. The van der Waals surface area contributed by atoms with E-state index < -0.39 is 17.3 Å². The number of amides is 1. The molecule has 0 aliphatic carbocycles. The van der Waals surface area contributed by atoms with E-state index in [0.717, 1.165) is 4.68 Å². The number of halogens is 2. The summed E-state index contributed by atoms with van der Waals surface area (Å²) >= 11 is 7.41. The second kappa shape index (κ2) is 8.99. The van der Waals surface area contributed by atoms with Crippen LogP contribution >= 0.6 is 23.4 Å². The van der Waals surface area contributed by atoms with Crippen LogP contribution in [0.5, 0.6) is 0 Å². The number of nitrogens with zero attached hydrogens (tertiary/aromatic N) is 2. The van der Waals surface area contributed by atoms with Gasteiger partial charge in [-0.25, -0.2) is 14.6 Å². The zero-order chi connectivity index (χ0) is 19.3. The molecule has 0 atom stereocenters. The second-order valence-electron chi connectivity index (χ2n) is 4.94. The normalized spacial score (nSPS) is 10.7. The third kappa shape index (κ3) is 4.52. The summed E-state index contributed by atoms with van der Waals surface area (Å²) in [6.45, 7) is -0.446. The lowest BCUT2D eigenvalue weighted by Gasteiger charge is -2.14. The highest BCUT2D eigenvalue weighted by Gasteiger charge is 2.22. The number of aryl methyl sites for hydroxylation is 1. The van der Waals surface area contributed by atoms with E-state index in [-0.39, 0.29) is 35.3 Å². The van der Waals surface area contributed by atoms with E-state index in [9.17, 15) is 14.0 Å². The highest BCUT2D eigenvalue weighted by atomic mass is 35.5. The third-order valence-electron chi connectivity index (χ3n) is 3.20. The first-order chi connectivity index (χ1) is 12.4. The largest absolute Gasteiger partial charge is 0.394 e. The number of hydrogen-bond donors (Lipinski definition) is 3. The number of hydroxylamine groups is 1. The number of rotatable bonds is 7. The van der Waals surface area contributed by atoms with Gasteiger partial charge < -0.3 is 10.4 Å². The summed E-state index contributed by atoms with van der Waals surface area (Å²) in [6.07, 6.45) is 1.80. The molecule has 1 amide bonds. The van der Waals surface area contributed by atoms with Gasteiger partial charge in [-0.05, 0) is 24.5 Å². The van der Waals surface area contributed by atoms with Crippen molar-refractivity contribution in [3.05, 3.63) is 45.1 Å². The number of thioether (sulfide) groups is 1. The molecule has 0 radical (unpaired) electrons. The lowest BCUT2D eigenvalue weighted by molar-refractivity contribution is 0.0164. The van der Waals surface area contributed by atoms with E-state index in [4.69, 9.17) is 21.5 Å². The molecule has 0 unspecified atom stereocenters. The van der Waals surface area contributed by atoms with Crippen LogP contribution < -0.4 is 16.4 Å². The van der Waals surface area contributed by atoms with Gasteiger partial charge in [0.05, 0.1) is 24.6 Å². The first kappa shape index (κ1) is 20.2. The molecule has 140 valence electrons. The number of hydrogen-bond acceptors (Lipinski definition) is 7. The monoisotopic (exact) mass is 402 g/mol. The Morgan fingerprint density at radius 1 is 1.50 bits per heavy atom. The standard InChI is InChI=1S/C15H16ClFN4O4S/c1-21-15(24)11(16)12(13(19-21)14(23)20-25-6-5-22)18-10-4-3-8(26-2)7-9(10)17/h3-4,7,18,22H,5-6H2,1-2H3,(H,20,23). The molecule has 0 fully saturated rings. The van der Waals surface area contributed by atoms with Gasteiger partial charge >= 0.3 is 0 Å². The number of carbonyl (C=O) groups is 1. The molecule has 0 saturated heterocycles. The van der Waals surface area contributed by atoms with Gasteiger partial charge in [-0.1, -0.05) is 11.6 Å². The number of benzene rings is 1. The van der Waals surface area contributed by atoms with E-state index in [1.54, 1.807) is 12.3 Å². The Labute approximate surface area is 157 Å². The molecular weight excluding hydrogens is 387 g/mol. The average Bonchev–Trinajstić information content (AvgIpc) is 2.63. The van der Waals surface area contributed by atoms with E-state index in [1.165, 1.54) is 30.9 Å². The maximum Gasteiger partial charge on any atom is 0.297 e. The SMILES string of the molecule is CSc1ccc(Nc2c(C(=O)NOCCO)nn(C)c(=O)c2Cl)c(F)c1. The molecule has 0 saturated carbocycles. The molecule has 1 aromatic carbocycles. The molecule has 1 heterocycles. The fraction of sp³-hybridized carbons (Fsp3) is 0.267. The summed E-state index contributed by atoms with van der Waals surface area (Å²) in [5.41, 5.74) is 0.984. The predicted octanol–water partition coefficient (Wildman–Crippen LogP) is 1.69. The Balaban J connectivity index is 2.44. The molecule has 26 heavy (non-hydrogen) atoms. The molecule has 0 aliphatic heterocycles. The fourth-order valence-electron chi connectivity index (χ4n) is 1.94. The maximum atomic E-state index is 14.2. The van der Waals surface area contributed by atoms with Crippen LogP contribution in [0.4, 0.5) is 15.8 Å². The van der Waals surface area contributed by atoms with E-state index in [1.807, 2.05) is 0 Å². The van der Waals surface area contributed by atoms with Crippen molar-refractivity contribution < 1.29 is 19.1 Å². The van der Waals surface area contributed by atoms with Crippen molar-refractivity contribution in [1.82, 2.24) is 15.3 Å². The first-order valence-corrected chi connectivity index (χ1v) is 8.89. The van der Waals surface area contributed by atoms with Gasteiger partial charge in [0.2, 0.25) is 0 Å². The maximum absolute atomic E-state index is 14.2. The Hall–Kier alpha value is -2.14. The summed E-state index contributed by atoms with van der Waals surface area (Å²) in [5, 5.41) is 14.8. The molecule has 1 aromatic heterocycles. The Bertz CT molecular complexity index is 877. The lowest BCUT2D eigenvalue weighted by atomic mass is 10.2. The number of nitrogens with one attached hydrogen (secondary N) is 2. The van der Waals surface area contributed by atoms with Crippen molar-refractivity contribution in [3.63, 3.8) is 0 Å². The molecular formula is C15H16ClFN4O4S. The summed E-state index contributed by atoms with van der Waals surface area (Å²) in [6, 6.07) is 4.43. The lowest BCUT2D eigenvalue weighted by Crippen LogP contribution is -2.31. The Morgan fingerprint density at radius 2 is 2.23 bits per heavy atom. The van der Waals surface area contributed by atoms with E-state index in [0.29, 0.717) is 4.90 Å². The molecule has 0 bridgehead atoms. The molecule has 0 aliphatic rings. The molecule has 8 nitrogen and oxygen atoms in total. The van der Waals surface area contributed by atoms with Crippen LogP contribution in [0.1, 0.15) is 10.5 Å². The smallest absolute Gasteiger partial charge is 0.297 e. The van der Waals surface area contributed by atoms with Gasteiger partial charge in [-0.3, -0.25) is 14.4 Å². The van der Waals surface area contributed by atoms with Crippen LogP contribution in [0.3, 0.4) is 0 Å². The van der Waals surface area contributed by atoms with Crippen molar-refractivity contribution in [2.45, 2.75) is 4.90 Å². The van der Waals surface area contributed by atoms with E-state index in [2.05, 4.69) is 15.9 Å². The predicted molar refractivity (Wildman–Crippen MR) is 96.5 cm³/mol. The van der Waals surface area contributed by atoms with Crippen LogP contribution in [0, 0.1) is 5.82 Å². The van der Waals surface area contributed by atoms with Crippen LogP contribution in [-0.2, 0) is 11.9 Å². The van der Waals surface area contributed by atoms with Crippen LogP contribution in [0.15, 0.2) is 27.9 Å². The first-order valence-electron chi connectivity index (χ1n) is 7.29. The third-order valence-corrected chi connectivity index (χ3v) is 4.27. The number of anilines is 2. The molecule has 3 N–H and O–H groups in total. The van der Waals surface area contributed by atoms with Gasteiger partial charge in [0.15, 0.2) is 5.69 Å². The quantitative estimate of drug-likeness (QED) is 0.367. The van der Waals surface area contributed by atoms with Gasteiger partial charge in [-0.2, -0.15) is 5.10 Å². The van der Waals surface area contributed by atoms with E-state index >= 15 is 0 Å². The van der Waals surface area contributed by atoms with Crippen molar-refractivity contribution in [2.75, 3.05) is 24.8 Å². The minimum atomic E-state index is -0.820. The summed E-state index contributed by atoms with van der Waals surface area (Å²) in [7, 11) is 1.32. The molecule has 2 aromatic rings. The number of carbonyl (C=O) groups excluding carboxylic acids is 1. The minimum absolute atomic E-state index is 0.0186. The van der Waals surface area contributed by atoms with Crippen LogP contribution in [-0.4, -0.2) is 40.3 Å². The second-order valence-corrected chi connectivity index (χ2v) is 6.20. The number of aliphatic hydroxyl groups excluding tert-OH is 1. The van der Waals surface area contributed by atoms with Crippen molar-refractivity contribution in [1.29, 1.82) is 0 Å². The molecule has 0 spiro atoms. The molecule has 11 heteroatoms. The number of aliphatic hydroxyl groups is 1. The Morgan fingerprint density at radius 3 is 2.85 bits per heavy atom. The topological polar surface area (TPSA) is 105 Å². The van der Waals surface area contributed by atoms with Crippen molar-refractivity contribution in [2.24, 2.45) is 7.05 Å². The van der Waals surface area contributed by atoms with Gasteiger partial charge in [0, 0.05) is 11.9 Å². The Kier molecular flexibility index (Phi) is 6.98. The van der Waals surface area contributed by atoms with Crippen LogP contribution in [0.25, 0.3) is 0 Å². The van der Waals surface area contributed by atoms with Gasteiger partial charge in [-0.15, -0.1) is 11.8 Å². The highest BCUT2D eigenvalue weighted by Crippen LogP contribution is 2.29. The summed E-state index contributed by atoms with van der Waals surface area (Å²) in [5.74, 6) is -1.41. The van der Waals surface area contributed by atoms with Crippen molar-refractivity contribution in [3.8, 4) is 0 Å². The zero-order valence-electron chi connectivity index (χ0n) is 13.9. The summed E-state index contributed by atoms with van der Waals surface area (Å²) in [4.78, 5) is 29.7. The van der Waals surface area contributed by atoms with Gasteiger partial charge in [0.1, 0.15) is 10.8 Å². The van der Waals surface area contributed by atoms with Gasteiger partial charge in [0.25, 0.3) is 11.5 Å². The average molecular weight is 403 g/mol. The minimum Gasteiger partial charge on any atom is -0.394 e. The van der Waals surface area contributed by atoms with Crippen molar-refractivity contribution >= 4 is 40.6 Å². The molecule has 2 rings (SSSR count). The summed E-state index contributed by atoms with van der Waals surface area (Å²) < 4.78 is 15.1. The fourth-order valence-corrected chi connectivity index (χ4v) is 2.63. The van der Waals surface area contributed by atoms with Crippen LogP contribution in [0.2, 0.25) is 5.02 Å². The zero-order valence-corrected chi connectivity index (χ0v) is 15.4. The highest BCUT2D eigenvalue weighted by molar-refractivity contribution is 7.98.